The van der Waals surface area contributed by atoms with Crippen LogP contribution in [0.5, 0.6) is 0 Å². The molecule has 0 aromatic carbocycles. The van der Waals surface area contributed by atoms with Crippen LogP contribution in [0.25, 0.3) is 0 Å². The Hall–Kier alpha value is -1.85. The summed E-state index contributed by atoms with van der Waals surface area (Å²) in [5.74, 6) is 0.799. The van der Waals surface area contributed by atoms with Crippen LogP contribution in [0.3, 0.4) is 0 Å². The van der Waals surface area contributed by atoms with Crippen molar-refractivity contribution in [1.82, 2.24) is 20.2 Å². The van der Waals surface area contributed by atoms with Crippen molar-refractivity contribution in [3.05, 3.63) is 12.4 Å². The number of carbonyl (C=O) groups is 2. The van der Waals surface area contributed by atoms with Crippen molar-refractivity contribution in [2.45, 2.75) is 128 Å². The summed E-state index contributed by atoms with van der Waals surface area (Å²) in [4.78, 5) is 37.0. The fourth-order valence-electron chi connectivity index (χ4n) is 4.70. The van der Waals surface area contributed by atoms with Gasteiger partial charge in [-0.2, -0.15) is 0 Å². The first-order chi connectivity index (χ1) is 18.1. The fraction of sp³-hybridized carbons (Fsp3) is 0.786. The summed E-state index contributed by atoms with van der Waals surface area (Å²) >= 11 is 1.61. The lowest BCUT2D eigenvalue weighted by atomic mass is 9.81. The molecule has 0 saturated carbocycles. The van der Waals surface area contributed by atoms with Crippen molar-refractivity contribution in [2.75, 3.05) is 12.3 Å². The van der Waals surface area contributed by atoms with Gasteiger partial charge in [0.1, 0.15) is 11.6 Å². The molecule has 2 aliphatic heterocycles. The molecule has 0 unspecified atom stereocenters. The maximum atomic E-state index is 13.5. The summed E-state index contributed by atoms with van der Waals surface area (Å²) < 4.78 is 17.6. The first kappa shape index (κ1) is 31.7. The molecule has 1 aromatic rings. The Kier molecular flexibility index (Phi) is 10.4. The summed E-state index contributed by atoms with van der Waals surface area (Å²) in [7, 11) is -0.469. The van der Waals surface area contributed by atoms with Crippen molar-refractivity contribution in [3.63, 3.8) is 0 Å². The van der Waals surface area contributed by atoms with Crippen LogP contribution in [0.15, 0.2) is 17.6 Å². The molecule has 39 heavy (non-hydrogen) atoms. The Labute approximate surface area is 239 Å². The van der Waals surface area contributed by atoms with Crippen LogP contribution >= 0.6 is 11.8 Å². The highest BCUT2D eigenvalue weighted by molar-refractivity contribution is 7.99. The lowest BCUT2D eigenvalue weighted by Crippen LogP contribution is -2.55. The number of nitrogens with one attached hydrogen (secondary N) is 1. The van der Waals surface area contributed by atoms with Gasteiger partial charge in [-0.25, -0.2) is 14.8 Å². The van der Waals surface area contributed by atoms with E-state index in [0.717, 1.165) is 49.9 Å². The third-order valence-electron chi connectivity index (χ3n) is 7.60. The number of rotatable bonds is 9. The van der Waals surface area contributed by atoms with Gasteiger partial charge in [-0.3, -0.25) is 4.79 Å². The van der Waals surface area contributed by atoms with Crippen LogP contribution < -0.4 is 10.8 Å². The predicted octanol–water partition coefficient (Wildman–Crippen LogP) is 4.58. The number of likely N-dealkylation sites (tertiary alicyclic amines) is 1. The summed E-state index contributed by atoms with van der Waals surface area (Å²) in [5.41, 5.74) is -0.606. The lowest BCUT2D eigenvalue weighted by Gasteiger charge is -2.39. The summed E-state index contributed by atoms with van der Waals surface area (Å²) in [5, 5.41) is 3.54. The first-order valence-electron chi connectivity index (χ1n) is 14.2. The number of hydrogen-bond acceptors (Lipinski definition) is 8. The molecule has 2 saturated heterocycles. The van der Waals surface area contributed by atoms with E-state index in [1.807, 2.05) is 67.2 Å². The molecule has 2 atom stereocenters. The van der Waals surface area contributed by atoms with Gasteiger partial charge in [0, 0.05) is 36.2 Å². The van der Waals surface area contributed by atoms with Gasteiger partial charge in [0.05, 0.1) is 11.2 Å². The van der Waals surface area contributed by atoms with Crippen molar-refractivity contribution < 1.29 is 23.6 Å². The van der Waals surface area contributed by atoms with E-state index in [0.29, 0.717) is 5.16 Å². The van der Waals surface area contributed by atoms with Gasteiger partial charge >= 0.3 is 13.2 Å². The molecule has 3 heterocycles. The second kappa shape index (κ2) is 12.8. The van der Waals surface area contributed by atoms with E-state index in [1.54, 1.807) is 24.2 Å². The topological polar surface area (TPSA) is 103 Å². The fourth-order valence-corrected chi connectivity index (χ4v) is 5.45. The van der Waals surface area contributed by atoms with E-state index in [9.17, 15) is 9.59 Å². The second-order valence-corrected chi connectivity index (χ2v) is 14.0. The van der Waals surface area contributed by atoms with Gasteiger partial charge in [-0.15, -0.1) is 0 Å². The molecule has 2 aliphatic rings. The number of aromatic nitrogens is 2. The van der Waals surface area contributed by atoms with Crippen molar-refractivity contribution in [1.29, 1.82) is 0 Å². The maximum Gasteiger partial charge on any atom is 0.498 e. The quantitative estimate of drug-likeness (QED) is 0.202. The van der Waals surface area contributed by atoms with Crippen LogP contribution in [0.4, 0.5) is 4.79 Å². The minimum Gasteiger partial charge on any atom is -0.444 e. The Bertz CT molecular complexity index is 967. The minimum absolute atomic E-state index is 0.0187. The monoisotopic (exact) mass is 562 g/mol. The van der Waals surface area contributed by atoms with E-state index in [1.165, 1.54) is 0 Å². The van der Waals surface area contributed by atoms with Crippen LogP contribution in [-0.4, -0.2) is 75.2 Å². The van der Waals surface area contributed by atoms with Crippen LogP contribution in [0.1, 0.15) is 94.4 Å². The molecule has 2 fully saturated rings. The SMILES string of the molecule is CC(C)[C@H](NC(=O)OC(C)(C)C)C(=O)N1CCCC[C@@H]1CCCSc1ncc(B2OC(C)(C)C(C)(C)O2)cn1. The van der Waals surface area contributed by atoms with Crippen LogP contribution in [-0.2, 0) is 18.8 Å². The number of amides is 2. The molecular weight excluding hydrogens is 515 g/mol. The third-order valence-corrected chi connectivity index (χ3v) is 8.56. The number of nitrogens with zero attached hydrogens (tertiary/aromatic N) is 3. The smallest absolute Gasteiger partial charge is 0.444 e. The minimum atomic E-state index is -0.615. The average molecular weight is 563 g/mol. The number of piperidine rings is 1. The Balaban J connectivity index is 1.51. The van der Waals surface area contributed by atoms with Crippen LogP contribution in [0.2, 0.25) is 0 Å². The number of carbonyl (C=O) groups excluding carboxylic acids is 2. The zero-order valence-electron chi connectivity index (χ0n) is 25.2. The highest BCUT2D eigenvalue weighted by Gasteiger charge is 2.52. The zero-order valence-corrected chi connectivity index (χ0v) is 26.0. The van der Waals surface area contributed by atoms with Gasteiger partial charge in [-0.1, -0.05) is 25.6 Å². The molecule has 11 heteroatoms. The predicted molar refractivity (Wildman–Crippen MR) is 155 cm³/mol. The number of ether oxygens (including phenoxy) is 1. The van der Waals surface area contributed by atoms with Crippen molar-refractivity contribution in [3.8, 4) is 0 Å². The summed E-state index contributed by atoms with van der Waals surface area (Å²) in [6, 6.07) is -0.439. The van der Waals surface area contributed by atoms with E-state index in [4.69, 9.17) is 14.0 Å². The van der Waals surface area contributed by atoms with Gasteiger partial charge < -0.3 is 24.3 Å². The molecule has 0 radical (unpaired) electrons. The molecule has 0 spiro atoms. The summed E-state index contributed by atoms with van der Waals surface area (Å²) in [6.45, 7) is 18.2. The number of alkyl carbamates (subject to hydrolysis) is 1. The van der Waals surface area contributed by atoms with Crippen molar-refractivity contribution in [2.24, 2.45) is 5.92 Å². The number of thioether (sulfide) groups is 1. The lowest BCUT2D eigenvalue weighted by molar-refractivity contribution is -0.138. The molecule has 2 amide bonds. The van der Waals surface area contributed by atoms with E-state index < -0.39 is 36.1 Å². The molecule has 218 valence electrons. The van der Waals surface area contributed by atoms with E-state index in [-0.39, 0.29) is 17.9 Å². The van der Waals surface area contributed by atoms with Crippen LogP contribution in [0, 0.1) is 5.92 Å². The normalized spacial score (nSPS) is 21.6. The van der Waals surface area contributed by atoms with Gasteiger partial charge in [0.25, 0.3) is 0 Å². The molecule has 0 bridgehead atoms. The molecule has 1 N–H and O–H groups in total. The largest absolute Gasteiger partial charge is 0.498 e. The standard InChI is InChI=1S/C28H47BN4O5S/c1-19(2)22(32-25(35)36-26(3,4)5)23(34)33-15-11-10-13-21(33)14-12-16-39-24-30-17-20(18-31-24)29-37-27(6,7)28(8,9)38-29/h17-19,21-22H,10-16H2,1-9H3,(H,32,35)/t21-,22+/m1/s1. The van der Waals surface area contributed by atoms with Gasteiger partial charge in [0.2, 0.25) is 5.91 Å². The van der Waals surface area contributed by atoms with E-state index >= 15 is 0 Å². The Morgan fingerprint density at radius 3 is 2.33 bits per heavy atom. The maximum absolute atomic E-state index is 13.5. The van der Waals surface area contributed by atoms with Gasteiger partial charge in [-0.05, 0) is 86.5 Å². The van der Waals surface area contributed by atoms with Gasteiger partial charge in [0.15, 0.2) is 5.16 Å². The number of hydrogen-bond donors (Lipinski definition) is 1. The molecule has 3 rings (SSSR count). The highest BCUT2D eigenvalue weighted by Crippen LogP contribution is 2.36. The highest BCUT2D eigenvalue weighted by atomic mass is 32.2. The Morgan fingerprint density at radius 2 is 1.77 bits per heavy atom. The first-order valence-corrected chi connectivity index (χ1v) is 15.2. The zero-order chi connectivity index (χ0) is 29.0. The molecular formula is C28H47BN4O5S. The second-order valence-electron chi connectivity index (χ2n) is 12.9. The average Bonchev–Trinajstić information content (AvgIpc) is 3.06. The van der Waals surface area contributed by atoms with Crippen molar-refractivity contribution >= 4 is 36.3 Å². The summed E-state index contributed by atoms with van der Waals surface area (Å²) in [6.07, 6.45) is 7.92. The molecule has 9 nitrogen and oxygen atoms in total. The molecule has 0 aliphatic carbocycles. The third kappa shape index (κ3) is 8.57. The van der Waals surface area contributed by atoms with E-state index in [2.05, 4.69) is 15.3 Å². The molecule has 1 aromatic heterocycles. The Morgan fingerprint density at radius 1 is 1.15 bits per heavy atom.